The van der Waals surface area contributed by atoms with Gasteiger partial charge in [-0.05, 0) is 74.2 Å². The molecule has 2 aromatic carbocycles. The number of fused-ring (bicyclic) bond motifs is 1. The molecule has 30 heavy (non-hydrogen) atoms. The summed E-state index contributed by atoms with van der Waals surface area (Å²) in [4.78, 5) is 24.5. The van der Waals surface area contributed by atoms with Crippen molar-refractivity contribution in [3.05, 3.63) is 88.2 Å². The SMILES string of the molecule is Cc1ccc(C)c(CC(=O)N(Cc2ccccn2)c2nc3cc(C)c(C)cc3s2)c1. The van der Waals surface area contributed by atoms with Crippen LogP contribution in [0.3, 0.4) is 0 Å². The van der Waals surface area contributed by atoms with E-state index >= 15 is 0 Å². The Hall–Kier alpha value is -3.05. The maximum Gasteiger partial charge on any atom is 0.233 e. The Morgan fingerprint density at radius 2 is 1.77 bits per heavy atom. The van der Waals surface area contributed by atoms with Crippen molar-refractivity contribution in [2.24, 2.45) is 0 Å². The molecule has 0 saturated carbocycles. The first-order valence-corrected chi connectivity index (χ1v) is 10.9. The summed E-state index contributed by atoms with van der Waals surface area (Å²) in [6.07, 6.45) is 2.10. The molecule has 0 bridgehead atoms. The van der Waals surface area contributed by atoms with Crippen LogP contribution in [-0.2, 0) is 17.8 Å². The van der Waals surface area contributed by atoms with Crippen LogP contribution in [0.5, 0.6) is 0 Å². The lowest BCUT2D eigenvalue weighted by atomic mass is 10.0. The third-order valence-electron chi connectivity index (χ3n) is 5.42. The highest BCUT2D eigenvalue weighted by atomic mass is 32.1. The molecule has 4 nitrogen and oxygen atoms in total. The van der Waals surface area contributed by atoms with Crippen molar-refractivity contribution >= 4 is 32.6 Å². The van der Waals surface area contributed by atoms with Crippen LogP contribution in [0.25, 0.3) is 10.2 Å². The van der Waals surface area contributed by atoms with Crippen molar-refractivity contribution in [1.29, 1.82) is 0 Å². The number of aromatic nitrogens is 2. The topological polar surface area (TPSA) is 46.1 Å². The van der Waals surface area contributed by atoms with E-state index in [0.29, 0.717) is 13.0 Å². The Kier molecular flexibility index (Phi) is 5.64. The molecule has 0 spiro atoms. The monoisotopic (exact) mass is 415 g/mol. The lowest BCUT2D eigenvalue weighted by molar-refractivity contribution is -0.118. The number of anilines is 1. The zero-order valence-electron chi connectivity index (χ0n) is 17.8. The molecule has 2 heterocycles. The number of thiazole rings is 1. The van der Waals surface area contributed by atoms with Gasteiger partial charge in [-0.3, -0.25) is 14.7 Å². The Morgan fingerprint density at radius 3 is 2.53 bits per heavy atom. The molecule has 0 atom stereocenters. The van der Waals surface area contributed by atoms with Gasteiger partial charge in [0.05, 0.1) is 28.9 Å². The minimum atomic E-state index is 0.0295. The van der Waals surface area contributed by atoms with E-state index < -0.39 is 0 Å². The van der Waals surface area contributed by atoms with Crippen molar-refractivity contribution in [3.8, 4) is 0 Å². The molecule has 4 aromatic rings. The molecule has 0 aliphatic rings. The number of carbonyl (C=O) groups excluding carboxylic acids is 1. The summed E-state index contributed by atoms with van der Waals surface area (Å²) < 4.78 is 1.10. The molecule has 152 valence electrons. The molecular weight excluding hydrogens is 390 g/mol. The van der Waals surface area contributed by atoms with Gasteiger partial charge in [-0.2, -0.15) is 0 Å². The molecule has 1 amide bonds. The first-order chi connectivity index (χ1) is 14.4. The van der Waals surface area contributed by atoms with E-state index in [4.69, 9.17) is 4.98 Å². The van der Waals surface area contributed by atoms with E-state index in [1.807, 2.05) is 25.1 Å². The van der Waals surface area contributed by atoms with Gasteiger partial charge in [0.1, 0.15) is 0 Å². The number of aryl methyl sites for hydroxylation is 4. The molecule has 5 heteroatoms. The van der Waals surface area contributed by atoms with Gasteiger partial charge in [0, 0.05) is 6.20 Å². The van der Waals surface area contributed by atoms with E-state index in [-0.39, 0.29) is 5.91 Å². The number of hydrogen-bond donors (Lipinski definition) is 0. The molecule has 0 aliphatic carbocycles. The molecule has 0 saturated heterocycles. The lowest BCUT2D eigenvalue weighted by Gasteiger charge is -2.20. The van der Waals surface area contributed by atoms with Crippen LogP contribution in [0.4, 0.5) is 5.13 Å². The smallest absolute Gasteiger partial charge is 0.233 e. The molecular formula is C25H25N3OS. The summed E-state index contributed by atoms with van der Waals surface area (Å²) >= 11 is 1.56. The minimum Gasteiger partial charge on any atom is -0.282 e. The van der Waals surface area contributed by atoms with Gasteiger partial charge in [0.2, 0.25) is 5.91 Å². The molecule has 4 rings (SSSR count). The molecule has 0 fully saturated rings. The zero-order chi connectivity index (χ0) is 21.3. The first-order valence-electron chi connectivity index (χ1n) is 10.0. The number of rotatable bonds is 5. The van der Waals surface area contributed by atoms with E-state index in [1.165, 1.54) is 11.1 Å². The predicted octanol–water partition coefficient (Wildman–Crippen LogP) is 5.70. The third kappa shape index (κ3) is 4.26. The largest absolute Gasteiger partial charge is 0.282 e. The second-order valence-electron chi connectivity index (χ2n) is 7.81. The zero-order valence-corrected chi connectivity index (χ0v) is 18.6. The number of nitrogens with zero attached hydrogens (tertiary/aromatic N) is 3. The van der Waals surface area contributed by atoms with Crippen LogP contribution in [0.1, 0.15) is 33.5 Å². The Bertz CT molecular complexity index is 1180. The molecule has 0 radical (unpaired) electrons. The molecule has 0 N–H and O–H groups in total. The van der Waals surface area contributed by atoms with Crippen LogP contribution in [-0.4, -0.2) is 15.9 Å². The van der Waals surface area contributed by atoms with Crippen LogP contribution < -0.4 is 4.90 Å². The van der Waals surface area contributed by atoms with E-state index in [0.717, 1.165) is 37.7 Å². The average molecular weight is 416 g/mol. The second-order valence-corrected chi connectivity index (χ2v) is 8.82. The summed E-state index contributed by atoms with van der Waals surface area (Å²) in [5.41, 5.74) is 7.56. The van der Waals surface area contributed by atoms with Crippen molar-refractivity contribution in [2.75, 3.05) is 4.90 Å². The van der Waals surface area contributed by atoms with Gasteiger partial charge in [0.25, 0.3) is 0 Å². The van der Waals surface area contributed by atoms with Crippen molar-refractivity contribution in [3.63, 3.8) is 0 Å². The van der Waals surface area contributed by atoms with Gasteiger partial charge < -0.3 is 0 Å². The fourth-order valence-corrected chi connectivity index (χ4v) is 4.51. The quantitative estimate of drug-likeness (QED) is 0.420. The van der Waals surface area contributed by atoms with Gasteiger partial charge >= 0.3 is 0 Å². The highest BCUT2D eigenvalue weighted by Gasteiger charge is 2.22. The number of amides is 1. The van der Waals surface area contributed by atoms with Crippen LogP contribution in [0.2, 0.25) is 0 Å². The van der Waals surface area contributed by atoms with Gasteiger partial charge in [0.15, 0.2) is 5.13 Å². The summed E-state index contributed by atoms with van der Waals surface area (Å²) in [7, 11) is 0. The van der Waals surface area contributed by atoms with Crippen LogP contribution in [0, 0.1) is 27.7 Å². The summed E-state index contributed by atoms with van der Waals surface area (Å²) in [6.45, 7) is 8.70. The van der Waals surface area contributed by atoms with Gasteiger partial charge in [-0.1, -0.05) is 41.2 Å². The lowest BCUT2D eigenvalue weighted by Crippen LogP contribution is -2.32. The summed E-state index contributed by atoms with van der Waals surface area (Å²) in [6, 6.07) is 16.3. The Morgan fingerprint density at radius 1 is 0.967 bits per heavy atom. The van der Waals surface area contributed by atoms with Gasteiger partial charge in [-0.15, -0.1) is 0 Å². The average Bonchev–Trinajstić information content (AvgIpc) is 3.12. The Labute approximate surface area is 181 Å². The number of benzene rings is 2. The number of hydrogen-bond acceptors (Lipinski definition) is 4. The second kappa shape index (κ2) is 8.36. The predicted molar refractivity (Wildman–Crippen MR) is 124 cm³/mol. The maximum atomic E-state index is 13.5. The van der Waals surface area contributed by atoms with Crippen molar-refractivity contribution in [2.45, 2.75) is 40.7 Å². The first kappa shape index (κ1) is 20.2. The third-order valence-corrected chi connectivity index (χ3v) is 6.46. The van der Waals surface area contributed by atoms with Crippen molar-refractivity contribution in [1.82, 2.24) is 9.97 Å². The van der Waals surface area contributed by atoms with Crippen molar-refractivity contribution < 1.29 is 4.79 Å². The highest BCUT2D eigenvalue weighted by molar-refractivity contribution is 7.22. The van der Waals surface area contributed by atoms with Gasteiger partial charge in [-0.25, -0.2) is 4.98 Å². The standard InChI is InChI=1S/C25H25N3OS/c1-16-8-9-17(2)20(11-16)14-24(29)28(15-21-7-5-6-10-26-21)25-27-22-12-18(3)19(4)13-23(22)30-25/h5-13H,14-15H2,1-4H3. The Balaban J connectivity index is 1.72. The number of carbonyl (C=O) groups is 1. The van der Waals surface area contributed by atoms with E-state index in [1.54, 1.807) is 22.4 Å². The number of pyridine rings is 1. The van der Waals surface area contributed by atoms with E-state index in [2.05, 4.69) is 56.1 Å². The van der Waals surface area contributed by atoms with Crippen LogP contribution in [0.15, 0.2) is 54.7 Å². The molecule has 0 aliphatic heterocycles. The maximum absolute atomic E-state index is 13.5. The summed E-state index contributed by atoms with van der Waals surface area (Å²) in [5, 5.41) is 0.718. The molecule has 2 aromatic heterocycles. The fraction of sp³-hybridized carbons (Fsp3) is 0.240. The highest BCUT2D eigenvalue weighted by Crippen LogP contribution is 2.32. The summed E-state index contributed by atoms with van der Waals surface area (Å²) in [5.74, 6) is 0.0295. The minimum absolute atomic E-state index is 0.0295. The fourth-order valence-electron chi connectivity index (χ4n) is 3.45. The normalized spacial score (nSPS) is 11.1. The van der Waals surface area contributed by atoms with Crippen LogP contribution >= 0.6 is 11.3 Å². The van der Waals surface area contributed by atoms with E-state index in [9.17, 15) is 4.79 Å². The molecule has 0 unspecified atom stereocenters.